The number of fused-ring (bicyclic) bond motifs is 1. The van der Waals surface area contributed by atoms with Crippen LogP contribution in [-0.4, -0.2) is 27.7 Å². The Kier molecular flexibility index (Phi) is 5.31. The summed E-state index contributed by atoms with van der Waals surface area (Å²) >= 11 is 3.33. The zero-order chi connectivity index (χ0) is 15.4. The maximum atomic E-state index is 12.0. The van der Waals surface area contributed by atoms with Crippen molar-refractivity contribution >= 4 is 39.2 Å². The Labute approximate surface area is 139 Å². The van der Waals surface area contributed by atoms with Gasteiger partial charge in [0.1, 0.15) is 16.2 Å². The molecule has 0 aliphatic heterocycles. The number of nitrogens with one attached hydrogen (secondary N) is 1. The van der Waals surface area contributed by atoms with E-state index in [0.29, 0.717) is 12.5 Å². The summed E-state index contributed by atoms with van der Waals surface area (Å²) in [5.74, 6) is 0.936. The first-order chi connectivity index (χ1) is 10.7. The second-order valence-corrected chi connectivity index (χ2v) is 8.07. The first kappa shape index (κ1) is 15.7. The number of nitrogens with zero attached hydrogens (tertiary/aromatic N) is 2. The number of aromatic nitrogens is 2. The van der Waals surface area contributed by atoms with E-state index in [-0.39, 0.29) is 5.91 Å². The van der Waals surface area contributed by atoms with Crippen LogP contribution in [0.4, 0.5) is 0 Å². The second-order valence-electron chi connectivity index (χ2n) is 5.76. The molecule has 1 fully saturated rings. The van der Waals surface area contributed by atoms with Crippen LogP contribution in [0.5, 0.6) is 0 Å². The lowest BCUT2D eigenvalue weighted by Crippen LogP contribution is -2.36. The average molecular weight is 335 g/mol. The van der Waals surface area contributed by atoms with Gasteiger partial charge < -0.3 is 5.32 Å². The summed E-state index contributed by atoms with van der Waals surface area (Å²) in [5.41, 5.74) is 0. The van der Waals surface area contributed by atoms with Gasteiger partial charge in [-0.25, -0.2) is 9.97 Å². The second kappa shape index (κ2) is 7.42. The zero-order valence-electron chi connectivity index (χ0n) is 12.8. The molecule has 0 atom stereocenters. The number of thioether (sulfide) groups is 1. The number of aryl methyl sites for hydroxylation is 1. The molecule has 0 unspecified atom stereocenters. The Hall–Kier alpha value is -1.14. The van der Waals surface area contributed by atoms with Crippen LogP contribution in [0.15, 0.2) is 17.4 Å². The molecule has 22 heavy (non-hydrogen) atoms. The summed E-state index contributed by atoms with van der Waals surface area (Å²) in [6.45, 7) is 2.08. The summed E-state index contributed by atoms with van der Waals surface area (Å²) in [6, 6.07) is 2.53. The van der Waals surface area contributed by atoms with Gasteiger partial charge in [-0.1, -0.05) is 19.3 Å². The Morgan fingerprint density at radius 1 is 1.36 bits per heavy atom. The standard InChI is InChI=1S/C16H21N3OS2/c1-11-9-13-15(17-10-18-16(13)22-11)21-8-7-14(20)19-12-5-3-2-4-6-12/h9-10,12H,2-8H2,1H3,(H,19,20). The van der Waals surface area contributed by atoms with E-state index in [0.717, 1.165) is 33.8 Å². The highest BCUT2D eigenvalue weighted by atomic mass is 32.2. The molecular weight excluding hydrogens is 314 g/mol. The predicted octanol–water partition coefficient (Wildman–Crippen LogP) is 3.93. The Balaban J connectivity index is 1.50. The predicted molar refractivity (Wildman–Crippen MR) is 92.5 cm³/mol. The molecule has 2 aromatic rings. The van der Waals surface area contributed by atoms with Crippen LogP contribution in [-0.2, 0) is 4.79 Å². The molecule has 1 N–H and O–H groups in total. The highest BCUT2D eigenvalue weighted by Gasteiger charge is 2.15. The zero-order valence-corrected chi connectivity index (χ0v) is 14.4. The van der Waals surface area contributed by atoms with Gasteiger partial charge in [0.15, 0.2) is 0 Å². The van der Waals surface area contributed by atoms with Crippen molar-refractivity contribution in [2.45, 2.75) is 56.5 Å². The maximum Gasteiger partial charge on any atom is 0.221 e. The number of carbonyl (C=O) groups excluding carboxylic acids is 1. The van der Waals surface area contributed by atoms with Crippen molar-refractivity contribution in [1.29, 1.82) is 0 Å². The molecule has 0 radical (unpaired) electrons. The van der Waals surface area contributed by atoms with E-state index in [1.54, 1.807) is 29.4 Å². The van der Waals surface area contributed by atoms with Crippen molar-refractivity contribution in [2.75, 3.05) is 5.75 Å². The smallest absolute Gasteiger partial charge is 0.221 e. The van der Waals surface area contributed by atoms with Gasteiger partial charge in [0, 0.05) is 28.5 Å². The van der Waals surface area contributed by atoms with Crippen molar-refractivity contribution < 1.29 is 4.79 Å². The lowest BCUT2D eigenvalue weighted by atomic mass is 9.95. The van der Waals surface area contributed by atoms with Gasteiger partial charge in [0.05, 0.1) is 0 Å². The minimum atomic E-state index is 0.172. The van der Waals surface area contributed by atoms with Crippen LogP contribution in [0, 0.1) is 6.92 Å². The van der Waals surface area contributed by atoms with Crippen LogP contribution < -0.4 is 5.32 Å². The molecule has 0 bridgehead atoms. The summed E-state index contributed by atoms with van der Waals surface area (Å²) in [5, 5.41) is 5.26. The van der Waals surface area contributed by atoms with E-state index in [9.17, 15) is 4.79 Å². The van der Waals surface area contributed by atoms with Crippen LogP contribution >= 0.6 is 23.1 Å². The lowest BCUT2D eigenvalue weighted by Gasteiger charge is -2.22. The molecular formula is C16H21N3OS2. The Morgan fingerprint density at radius 2 is 2.18 bits per heavy atom. The summed E-state index contributed by atoms with van der Waals surface area (Å²) in [6.07, 6.45) is 8.25. The molecule has 1 aliphatic rings. The van der Waals surface area contributed by atoms with Gasteiger partial charge in [0.25, 0.3) is 0 Å². The summed E-state index contributed by atoms with van der Waals surface area (Å²) < 4.78 is 0. The molecule has 6 heteroatoms. The van der Waals surface area contributed by atoms with Crippen LogP contribution in [0.3, 0.4) is 0 Å². The Bertz CT molecular complexity index is 650. The van der Waals surface area contributed by atoms with Gasteiger partial charge in [-0.05, 0) is 25.8 Å². The molecule has 1 saturated carbocycles. The number of carbonyl (C=O) groups is 1. The van der Waals surface area contributed by atoms with E-state index in [2.05, 4.69) is 28.3 Å². The van der Waals surface area contributed by atoms with E-state index in [1.807, 2.05) is 0 Å². The topological polar surface area (TPSA) is 54.9 Å². The molecule has 0 aromatic carbocycles. The van der Waals surface area contributed by atoms with Crippen LogP contribution in [0.2, 0.25) is 0 Å². The first-order valence-corrected chi connectivity index (χ1v) is 9.66. The number of thiophene rings is 1. The monoisotopic (exact) mass is 335 g/mol. The molecule has 118 valence electrons. The van der Waals surface area contributed by atoms with Crippen LogP contribution in [0.25, 0.3) is 10.2 Å². The number of hydrogen-bond donors (Lipinski definition) is 1. The highest BCUT2D eigenvalue weighted by molar-refractivity contribution is 7.99. The fraction of sp³-hybridized carbons (Fsp3) is 0.562. The van der Waals surface area contributed by atoms with Crippen molar-refractivity contribution in [1.82, 2.24) is 15.3 Å². The molecule has 4 nitrogen and oxygen atoms in total. The van der Waals surface area contributed by atoms with E-state index in [4.69, 9.17) is 0 Å². The van der Waals surface area contributed by atoms with Gasteiger partial charge in [-0.2, -0.15) is 0 Å². The molecule has 2 aromatic heterocycles. The van der Waals surface area contributed by atoms with Crippen molar-refractivity contribution in [3.05, 3.63) is 17.3 Å². The highest BCUT2D eigenvalue weighted by Crippen LogP contribution is 2.30. The van der Waals surface area contributed by atoms with Crippen LogP contribution in [0.1, 0.15) is 43.4 Å². The van der Waals surface area contributed by atoms with Gasteiger partial charge in [0.2, 0.25) is 5.91 Å². The van der Waals surface area contributed by atoms with Crippen molar-refractivity contribution in [2.24, 2.45) is 0 Å². The minimum Gasteiger partial charge on any atom is -0.353 e. The lowest BCUT2D eigenvalue weighted by molar-refractivity contribution is -0.121. The van der Waals surface area contributed by atoms with Gasteiger partial charge >= 0.3 is 0 Å². The summed E-state index contributed by atoms with van der Waals surface area (Å²) in [7, 11) is 0. The quantitative estimate of drug-likeness (QED) is 0.664. The van der Waals surface area contributed by atoms with Crippen molar-refractivity contribution in [3.63, 3.8) is 0 Å². The van der Waals surface area contributed by atoms with Gasteiger partial charge in [-0.3, -0.25) is 4.79 Å². The molecule has 0 spiro atoms. The average Bonchev–Trinajstić information content (AvgIpc) is 2.89. The van der Waals surface area contributed by atoms with Crippen molar-refractivity contribution in [3.8, 4) is 0 Å². The van der Waals surface area contributed by atoms with Gasteiger partial charge in [-0.15, -0.1) is 23.1 Å². The summed E-state index contributed by atoms with van der Waals surface area (Å²) in [4.78, 5) is 22.9. The fourth-order valence-corrected chi connectivity index (χ4v) is 4.68. The molecule has 0 saturated heterocycles. The molecule has 2 heterocycles. The Morgan fingerprint density at radius 3 is 3.00 bits per heavy atom. The SMILES string of the molecule is Cc1cc2c(SCCC(=O)NC3CCCCC3)ncnc2s1. The molecule has 1 aliphatic carbocycles. The third-order valence-corrected chi connectivity index (χ3v) is 5.92. The number of amides is 1. The number of rotatable bonds is 5. The molecule has 1 amide bonds. The normalized spacial score (nSPS) is 16.0. The largest absolute Gasteiger partial charge is 0.353 e. The first-order valence-electron chi connectivity index (χ1n) is 7.85. The fourth-order valence-electron chi connectivity index (χ4n) is 2.86. The van der Waals surface area contributed by atoms with E-state index >= 15 is 0 Å². The minimum absolute atomic E-state index is 0.172. The maximum absolute atomic E-state index is 12.0. The molecule has 3 rings (SSSR count). The third kappa shape index (κ3) is 3.98. The van der Waals surface area contributed by atoms with E-state index in [1.165, 1.54) is 24.1 Å². The number of hydrogen-bond acceptors (Lipinski definition) is 5. The third-order valence-electron chi connectivity index (χ3n) is 3.95. The van der Waals surface area contributed by atoms with E-state index < -0.39 is 0 Å².